The Morgan fingerprint density at radius 1 is 1.44 bits per heavy atom. The normalized spacial score (nSPS) is 10.2. The highest BCUT2D eigenvalue weighted by Crippen LogP contribution is 2.31. The Kier molecular flexibility index (Phi) is 4.61. The smallest absolute Gasteiger partial charge is 0.311 e. The lowest BCUT2D eigenvalue weighted by molar-refractivity contribution is -0.385. The highest BCUT2D eigenvalue weighted by Gasteiger charge is 2.18. The molecular formula is C11H15NO3S. The summed E-state index contributed by atoms with van der Waals surface area (Å²) >= 11 is 1.65. The lowest BCUT2D eigenvalue weighted by atomic mass is 10.1. The number of benzene rings is 1. The van der Waals surface area contributed by atoms with Crippen molar-refractivity contribution in [2.75, 3.05) is 18.6 Å². The average molecular weight is 241 g/mol. The maximum atomic E-state index is 10.9. The van der Waals surface area contributed by atoms with Gasteiger partial charge in [-0.2, -0.15) is 11.8 Å². The zero-order valence-corrected chi connectivity index (χ0v) is 10.5. The van der Waals surface area contributed by atoms with E-state index in [4.69, 9.17) is 4.74 Å². The van der Waals surface area contributed by atoms with Gasteiger partial charge in [0.2, 0.25) is 0 Å². The van der Waals surface area contributed by atoms with Crippen molar-refractivity contribution in [3.05, 3.63) is 33.4 Å². The topological polar surface area (TPSA) is 52.4 Å². The molecule has 0 bridgehead atoms. The van der Waals surface area contributed by atoms with Gasteiger partial charge >= 0.3 is 5.69 Å². The first-order chi connectivity index (χ1) is 7.56. The number of hydrogen-bond acceptors (Lipinski definition) is 4. The SMILES string of the molecule is CSCCOc1c(C)cc(C)cc1[N+](=O)[O-]. The Balaban J connectivity index is 2.99. The predicted octanol–water partition coefficient (Wildman–Crippen LogP) is 2.95. The first kappa shape index (κ1) is 12.8. The summed E-state index contributed by atoms with van der Waals surface area (Å²) in [7, 11) is 0. The van der Waals surface area contributed by atoms with Crippen molar-refractivity contribution < 1.29 is 9.66 Å². The highest BCUT2D eigenvalue weighted by atomic mass is 32.2. The van der Waals surface area contributed by atoms with E-state index in [1.807, 2.05) is 26.2 Å². The molecule has 1 rings (SSSR count). The molecule has 0 unspecified atom stereocenters. The van der Waals surface area contributed by atoms with Crippen molar-refractivity contribution in [2.45, 2.75) is 13.8 Å². The Morgan fingerprint density at radius 3 is 2.69 bits per heavy atom. The van der Waals surface area contributed by atoms with Crippen LogP contribution in [-0.2, 0) is 0 Å². The Bertz CT molecular complexity index is 393. The molecule has 16 heavy (non-hydrogen) atoms. The second kappa shape index (κ2) is 5.75. The molecule has 1 aromatic rings. The maximum Gasteiger partial charge on any atom is 0.311 e. The number of nitrogens with zero attached hydrogens (tertiary/aromatic N) is 1. The molecule has 0 N–H and O–H groups in total. The monoisotopic (exact) mass is 241 g/mol. The molecular weight excluding hydrogens is 226 g/mol. The molecule has 0 heterocycles. The van der Waals surface area contributed by atoms with E-state index in [1.54, 1.807) is 17.8 Å². The first-order valence-corrected chi connectivity index (χ1v) is 6.33. The quantitative estimate of drug-likeness (QED) is 0.452. The van der Waals surface area contributed by atoms with E-state index in [1.165, 1.54) is 0 Å². The van der Waals surface area contributed by atoms with Crippen molar-refractivity contribution in [3.8, 4) is 5.75 Å². The molecule has 0 saturated heterocycles. The fraction of sp³-hybridized carbons (Fsp3) is 0.455. The third kappa shape index (κ3) is 3.13. The highest BCUT2D eigenvalue weighted by molar-refractivity contribution is 7.98. The lowest BCUT2D eigenvalue weighted by Crippen LogP contribution is -2.04. The molecule has 0 radical (unpaired) electrons. The number of ether oxygens (including phenoxy) is 1. The average Bonchev–Trinajstić information content (AvgIpc) is 2.20. The summed E-state index contributed by atoms with van der Waals surface area (Å²) in [5.41, 5.74) is 1.74. The van der Waals surface area contributed by atoms with Gasteiger partial charge < -0.3 is 4.74 Å². The summed E-state index contributed by atoms with van der Waals surface area (Å²) in [5.74, 6) is 1.22. The van der Waals surface area contributed by atoms with Crippen LogP contribution >= 0.6 is 11.8 Å². The molecule has 0 aliphatic heterocycles. The summed E-state index contributed by atoms with van der Waals surface area (Å²) in [6.45, 7) is 4.16. The van der Waals surface area contributed by atoms with Gasteiger partial charge in [0.25, 0.3) is 0 Å². The van der Waals surface area contributed by atoms with Crippen LogP contribution in [0.15, 0.2) is 12.1 Å². The number of aryl methyl sites for hydroxylation is 2. The molecule has 88 valence electrons. The van der Waals surface area contributed by atoms with Gasteiger partial charge in [-0.15, -0.1) is 0 Å². The van der Waals surface area contributed by atoms with Crippen molar-refractivity contribution in [3.63, 3.8) is 0 Å². The minimum absolute atomic E-state index is 0.0543. The largest absolute Gasteiger partial charge is 0.486 e. The van der Waals surface area contributed by atoms with Crippen LogP contribution in [0.25, 0.3) is 0 Å². The standard InChI is InChI=1S/C11H15NO3S/c1-8-6-9(2)11(15-4-5-16-3)10(7-8)12(13)14/h6-7H,4-5H2,1-3H3. The summed E-state index contributed by atoms with van der Waals surface area (Å²) in [4.78, 5) is 10.5. The van der Waals surface area contributed by atoms with E-state index in [0.29, 0.717) is 12.4 Å². The van der Waals surface area contributed by atoms with Gasteiger partial charge in [0.1, 0.15) is 0 Å². The molecule has 0 aliphatic carbocycles. The Hall–Kier alpha value is -1.23. The maximum absolute atomic E-state index is 10.9. The molecule has 0 aliphatic rings. The minimum atomic E-state index is -0.394. The van der Waals surface area contributed by atoms with E-state index in [9.17, 15) is 10.1 Å². The van der Waals surface area contributed by atoms with E-state index >= 15 is 0 Å². The van der Waals surface area contributed by atoms with Crippen LogP contribution in [0, 0.1) is 24.0 Å². The second-order valence-corrected chi connectivity index (χ2v) is 4.51. The van der Waals surface area contributed by atoms with Crippen LogP contribution in [-0.4, -0.2) is 23.5 Å². The fourth-order valence-electron chi connectivity index (χ4n) is 1.48. The Labute approximate surface area is 99.1 Å². The molecule has 1 aromatic carbocycles. The molecule has 0 aromatic heterocycles. The van der Waals surface area contributed by atoms with E-state index < -0.39 is 4.92 Å². The third-order valence-electron chi connectivity index (χ3n) is 2.13. The van der Waals surface area contributed by atoms with Crippen LogP contribution < -0.4 is 4.74 Å². The first-order valence-electron chi connectivity index (χ1n) is 4.93. The number of thioether (sulfide) groups is 1. The van der Waals surface area contributed by atoms with Crippen molar-refractivity contribution in [2.24, 2.45) is 0 Å². The molecule has 0 spiro atoms. The van der Waals surface area contributed by atoms with Gasteiger partial charge in [-0.1, -0.05) is 6.07 Å². The number of nitro groups is 1. The Morgan fingerprint density at radius 2 is 2.12 bits per heavy atom. The van der Waals surface area contributed by atoms with Crippen LogP contribution in [0.4, 0.5) is 5.69 Å². The zero-order valence-electron chi connectivity index (χ0n) is 9.65. The molecule has 5 heteroatoms. The van der Waals surface area contributed by atoms with Crippen molar-refractivity contribution in [1.82, 2.24) is 0 Å². The molecule has 0 saturated carbocycles. The number of nitro benzene ring substituents is 1. The minimum Gasteiger partial charge on any atom is -0.486 e. The summed E-state index contributed by atoms with van der Waals surface area (Å²) in [6, 6.07) is 3.43. The summed E-state index contributed by atoms with van der Waals surface area (Å²) < 4.78 is 5.46. The molecule has 0 fully saturated rings. The molecule has 0 amide bonds. The summed E-state index contributed by atoms with van der Waals surface area (Å²) in [5, 5.41) is 10.9. The predicted molar refractivity (Wildman–Crippen MR) is 66.4 cm³/mol. The van der Waals surface area contributed by atoms with Gasteiger partial charge in [0.05, 0.1) is 11.5 Å². The lowest BCUT2D eigenvalue weighted by Gasteiger charge is -2.09. The van der Waals surface area contributed by atoms with Gasteiger partial charge in [-0.25, -0.2) is 0 Å². The van der Waals surface area contributed by atoms with Crippen LogP contribution in [0.5, 0.6) is 5.75 Å². The van der Waals surface area contributed by atoms with Crippen LogP contribution in [0.1, 0.15) is 11.1 Å². The van der Waals surface area contributed by atoms with Crippen molar-refractivity contribution in [1.29, 1.82) is 0 Å². The van der Waals surface area contributed by atoms with Gasteiger partial charge in [0.15, 0.2) is 5.75 Å². The summed E-state index contributed by atoms with van der Waals surface area (Å²) in [6.07, 6.45) is 1.97. The van der Waals surface area contributed by atoms with Crippen LogP contribution in [0.2, 0.25) is 0 Å². The molecule has 0 atom stereocenters. The third-order valence-corrected chi connectivity index (χ3v) is 2.70. The van der Waals surface area contributed by atoms with E-state index in [-0.39, 0.29) is 5.69 Å². The van der Waals surface area contributed by atoms with Crippen LogP contribution in [0.3, 0.4) is 0 Å². The number of rotatable bonds is 5. The van der Waals surface area contributed by atoms with Gasteiger partial charge in [-0.3, -0.25) is 10.1 Å². The zero-order chi connectivity index (χ0) is 12.1. The van der Waals surface area contributed by atoms with Gasteiger partial charge in [-0.05, 0) is 31.2 Å². The van der Waals surface area contributed by atoms with E-state index in [2.05, 4.69) is 0 Å². The number of hydrogen-bond donors (Lipinski definition) is 0. The molecule has 4 nitrogen and oxygen atoms in total. The van der Waals surface area contributed by atoms with E-state index in [0.717, 1.165) is 16.9 Å². The second-order valence-electron chi connectivity index (χ2n) is 3.53. The van der Waals surface area contributed by atoms with Gasteiger partial charge in [0, 0.05) is 11.8 Å². The fourth-order valence-corrected chi connectivity index (χ4v) is 1.73. The van der Waals surface area contributed by atoms with Crippen molar-refractivity contribution >= 4 is 17.4 Å².